The molecule has 0 amide bonds. The number of aromatic nitrogens is 3. The first-order valence-corrected chi connectivity index (χ1v) is 8.39. The van der Waals surface area contributed by atoms with Gasteiger partial charge in [-0.3, -0.25) is 13.9 Å². The molecule has 10 nitrogen and oxygen atoms in total. The number of aliphatic hydroxyl groups excluding tert-OH is 3. The number of aliphatic hydroxyl groups is 3. The van der Waals surface area contributed by atoms with Crippen molar-refractivity contribution in [3.05, 3.63) is 62.8 Å². The number of hydrogen-bond acceptors (Lipinski definition) is 8. The van der Waals surface area contributed by atoms with Gasteiger partial charge in [0, 0.05) is 12.3 Å². The van der Waals surface area contributed by atoms with Crippen molar-refractivity contribution in [2.24, 2.45) is 0 Å². The van der Waals surface area contributed by atoms with Gasteiger partial charge in [0.2, 0.25) is 0 Å². The molecule has 0 bridgehead atoms. The molecule has 11 heteroatoms. The molecule has 0 radical (unpaired) electrons. The van der Waals surface area contributed by atoms with Gasteiger partial charge in [0.05, 0.1) is 18.5 Å². The minimum atomic E-state index is -1.49. The van der Waals surface area contributed by atoms with Crippen LogP contribution in [0.15, 0.2) is 44.6 Å². The number of nitrogens with zero attached hydrogens (tertiary/aromatic N) is 3. The van der Waals surface area contributed by atoms with Crippen molar-refractivity contribution in [1.82, 2.24) is 14.3 Å². The van der Waals surface area contributed by atoms with Gasteiger partial charge >= 0.3 is 5.69 Å². The smallest absolute Gasteiger partial charge is 0.333 e. The predicted molar refractivity (Wildman–Crippen MR) is 91.0 cm³/mol. The van der Waals surface area contributed by atoms with Gasteiger partial charge in [-0.2, -0.15) is 0 Å². The highest BCUT2D eigenvalue weighted by Gasteiger charge is 2.43. The second-order valence-electron chi connectivity index (χ2n) is 6.40. The quantitative estimate of drug-likeness (QED) is 0.510. The van der Waals surface area contributed by atoms with Crippen molar-refractivity contribution in [2.75, 3.05) is 6.61 Å². The molecule has 28 heavy (non-hydrogen) atoms. The van der Waals surface area contributed by atoms with Crippen molar-refractivity contribution < 1.29 is 29.0 Å². The minimum absolute atomic E-state index is 0.0474. The molecular formula is C17H16FN3O7. The van der Waals surface area contributed by atoms with E-state index in [1.54, 1.807) is 0 Å². The van der Waals surface area contributed by atoms with Gasteiger partial charge in [-0.15, -0.1) is 0 Å². The van der Waals surface area contributed by atoms with Gasteiger partial charge in [0.15, 0.2) is 11.8 Å². The second-order valence-corrected chi connectivity index (χ2v) is 6.40. The summed E-state index contributed by atoms with van der Waals surface area (Å²) in [5.41, 5.74) is -1.33. The van der Waals surface area contributed by atoms with Crippen LogP contribution < -0.4 is 11.2 Å². The Hall–Kier alpha value is -2.86. The Morgan fingerprint density at radius 1 is 1.18 bits per heavy atom. The fourth-order valence-corrected chi connectivity index (χ4v) is 3.25. The van der Waals surface area contributed by atoms with Crippen LogP contribution >= 0.6 is 0 Å². The molecule has 1 fully saturated rings. The highest BCUT2D eigenvalue weighted by Crippen LogP contribution is 2.28. The Morgan fingerprint density at radius 2 is 1.96 bits per heavy atom. The largest absolute Gasteiger partial charge is 0.394 e. The predicted octanol–water partition coefficient (Wildman–Crippen LogP) is -1.05. The Balaban J connectivity index is 1.76. The molecule has 148 valence electrons. The van der Waals surface area contributed by atoms with Crippen molar-refractivity contribution >= 4 is 11.0 Å². The number of benzene rings is 1. The van der Waals surface area contributed by atoms with Crippen LogP contribution in [0.1, 0.15) is 11.9 Å². The topological polar surface area (TPSA) is 140 Å². The van der Waals surface area contributed by atoms with Crippen LogP contribution in [0.4, 0.5) is 4.39 Å². The van der Waals surface area contributed by atoms with E-state index in [2.05, 4.69) is 5.16 Å². The van der Waals surface area contributed by atoms with Gasteiger partial charge in [-0.1, -0.05) is 11.2 Å². The molecule has 1 saturated heterocycles. The van der Waals surface area contributed by atoms with E-state index in [0.29, 0.717) is 0 Å². The van der Waals surface area contributed by atoms with Gasteiger partial charge in [0.25, 0.3) is 5.56 Å². The lowest BCUT2D eigenvalue weighted by atomic mass is 10.1. The van der Waals surface area contributed by atoms with E-state index in [1.165, 1.54) is 18.2 Å². The third kappa shape index (κ3) is 2.85. The van der Waals surface area contributed by atoms with Gasteiger partial charge in [-0.25, -0.2) is 9.18 Å². The normalized spacial score (nSPS) is 24.9. The molecule has 3 aromatic rings. The van der Waals surface area contributed by atoms with Crippen LogP contribution in [0, 0.1) is 5.82 Å². The van der Waals surface area contributed by atoms with Crippen LogP contribution in [-0.2, 0) is 11.3 Å². The third-order valence-corrected chi connectivity index (χ3v) is 4.71. The molecular weight excluding hydrogens is 377 g/mol. The molecule has 0 unspecified atom stereocenters. The average Bonchev–Trinajstić information content (AvgIpc) is 3.22. The molecule has 1 aliphatic rings. The van der Waals surface area contributed by atoms with Crippen LogP contribution in [0.3, 0.4) is 0 Å². The van der Waals surface area contributed by atoms with E-state index < -0.39 is 48.2 Å². The number of rotatable bonds is 4. The van der Waals surface area contributed by atoms with E-state index in [0.717, 1.165) is 21.4 Å². The monoisotopic (exact) mass is 393 g/mol. The summed E-state index contributed by atoms with van der Waals surface area (Å²) in [5, 5.41) is 33.0. The maximum atomic E-state index is 14.1. The number of hydrogen-bond donors (Lipinski definition) is 3. The minimum Gasteiger partial charge on any atom is -0.394 e. The SMILES string of the molecule is O=c1ccn([C@@H]2O[C@H](CO)[C@@H](O)[C@H]2O)c(=O)n1Cc1noc2cccc(F)c12. The lowest BCUT2D eigenvalue weighted by Gasteiger charge is -2.18. The summed E-state index contributed by atoms with van der Waals surface area (Å²) in [7, 11) is 0. The molecule has 3 N–H and O–H groups in total. The molecule has 4 atom stereocenters. The third-order valence-electron chi connectivity index (χ3n) is 4.71. The molecule has 3 heterocycles. The summed E-state index contributed by atoms with van der Waals surface area (Å²) >= 11 is 0. The van der Waals surface area contributed by atoms with Crippen LogP contribution in [-0.4, -0.2) is 54.5 Å². The summed E-state index contributed by atoms with van der Waals surface area (Å²) in [6.07, 6.45) is -4.18. The van der Waals surface area contributed by atoms with Crippen molar-refractivity contribution in [3.8, 4) is 0 Å². The standard InChI is InChI=1S/C17H16FN3O7/c18-8-2-1-3-10-13(8)9(19-28-10)6-21-12(23)4-5-20(17(21)26)16-15(25)14(24)11(7-22)27-16/h1-5,11,14-16,22,24-25H,6-7H2/t11-,14-,15-,16-/m1/s1. The molecule has 2 aromatic heterocycles. The Labute approximate surface area is 155 Å². The highest BCUT2D eigenvalue weighted by atomic mass is 19.1. The van der Waals surface area contributed by atoms with Crippen molar-refractivity contribution in [3.63, 3.8) is 0 Å². The fraction of sp³-hybridized carbons (Fsp3) is 0.353. The Kier molecular flexibility index (Phi) is 4.59. The maximum Gasteiger partial charge on any atom is 0.333 e. The summed E-state index contributed by atoms with van der Waals surface area (Å²) in [5.74, 6) is -0.610. The van der Waals surface area contributed by atoms with Crippen LogP contribution in [0.5, 0.6) is 0 Å². The molecule has 1 aliphatic heterocycles. The zero-order chi connectivity index (χ0) is 20.0. The Morgan fingerprint density at radius 3 is 2.68 bits per heavy atom. The molecule has 0 saturated carbocycles. The zero-order valence-corrected chi connectivity index (χ0v) is 14.3. The Bertz CT molecular complexity index is 1140. The first-order chi connectivity index (χ1) is 13.4. The second kappa shape index (κ2) is 6.95. The number of halogens is 1. The summed E-state index contributed by atoms with van der Waals surface area (Å²) < 4.78 is 26.2. The highest BCUT2D eigenvalue weighted by molar-refractivity contribution is 5.79. The summed E-state index contributed by atoms with van der Waals surface area (Å²) in [6, 6.07) is 5.21. The van der Waals surface area contributed by atoms with Gasteiger partial charge in [0.1, 0.15) is 29.8 Å². The van der Waals surface area contributed by atoms with Crippen molar-refractivity contribution in [1.29, 1.82) is 0 Å². The van der Waals surface area contributed by atoms with Crippen LogP contribution in [0.2, 0.25) is 0 Å². The van der Waals surface area contributed by atoms with E-state index in [9.17, 15) is 29.3 Å². The van der Waals surface area contributed by atoms with Gasteiger partial charge < -0.3 is 24.6 Å². The molecule has 0 aliphatic carbocycles. The molecule has 4 rings (SSSR count). The van der Waals surface area contributed by atoms with Crippen molar-refractivity contribution in [2.45, 2.75) is 31.1 Å². The summed E-state index contributed by atoms with van der Waals surface area (Å²) in [4.78, 5) is 25.0. The summed E-state index contributed by atoms with van der Waals surface area (Å²) in [6.45, 7) is -0.936. The lowest BCUT2D eigenvalue weighted by molar-refractivity contribution is -0.0555. The first-order valence-electron chi connectivity index (χ1n) is 8.39. The molecule has 1 aromatic carbocycles. The molecule has 0 spiro atoms. The lowest BCUT2D eigenvalue weighted by Crippen LogP contribution is -2.43. The van der Waals surface area contributed by atoms with E-state index in [1.807, 2.05) is 0 Å². The first kappa shape index (κ1) is 18.5. The van der Waals surface area contributed by atoms with E-state index in [-0.39, 0.29) is 23.2 Å². The van der Waals surface area contributed by atoms with E-state index >= 15 is 0 Å². The fourth-order valence-electron chi connectivity index (χ4n) is 3.25. The number of fused-ring (bicyclic) bond motifs is 1. The van der Waals surface area contributed by atoms with Crippen LogP contribution in [0.25, 0.3) is 11.0 Å². The van der Waals surface area contributed by atoms with E-state index in [4.69, 9.17) is 9.26 Å². The maximum absolute atomic E-state index is 14.1. The average molecular weight is 393 g/mol. The number of ether oxygens (including phenoxy) is 1. The van der Waals surface area contributed by atoms with Gasteiger partial charge in [-0.05, 0) is 12.1 Å². The zero-order valence-electron chi connectivity index (χ0n) is 14.3.